The molecule has 0 N–H and O–H groups in total. The van der Waals surface area contributed by atoms with Crippen molar-refractivity contribution < 1.29 is 23.6 Å². The second-order valence-corrected chi connectivity index (χ2v) is 11.2. The largest absolute Gasteiger partial charge is 0.460 e. The molecule has 6 nitrogen and oxygen atoms in total. The molecule has 1 heterocycles. The van der Waals surface area contributed by atoms with Crippen LogP contribution in [0.1, 0.15) is 107 Å². The maximum absolute atomic E-state index is 13.2. The molecule has 0 saturated carbocycles. The molecule has 1 aromatic rings. The number of ketones is 1. The minimum absolute atomic E-state index is 0.0731. The summed E-state index contributed by atoms with van der Waals surface area (Å²) in [5.74, 6) is 1.22. The zero-order chi connectivity index (χ0) is 26.7. The van der Waals surface area contributed by atoms with Crippen molar-refractivity contribution in [1.82, 2.24) is 5.16 Å². The number of nitrogens with zero attached hydrogens (tertiary/aromatic N) is 1. The van der Waals surface area contributed by atoms with E-state index in [1.165, 1.54) is 0 Å². The first-order valence-corrected chi connectivity index (χ1v) is 13.3. The van der Waals surface area contributed by atoms with Crippen LogP contribution in [0.4, 0.5) is 0 Å². The smallest absolute Gasteiger partial charge is 0.306 e. The van der Waals surface area contributed by atoms with Gasteiger partial charge in [-0.2, -0.15) is 0 Å². The number of esters is 1. The van der Waals surface area contributed by atoms with Gasteiger partial charge in [-0.1, -0.05) is 56.8 Å². The van der Waals surface area contributed by atoms with Crippen molar-refractivity contribution in [3.8, 4) is 0 Å². The summed E-state index contributed by atoms with van der Waals surface area (Å²) in [6, 6.07) is 0. The number of hydrogen-bond acceptors (Lipinski definition) is 6. The lowest BCUT2D eigenvalue weighted by Crippen LogP contribution is -2.25. The Morgan fingerprint density at radius 2 is 2.00 bits per heavy atom. The van der Waals surface area contributed by atoms with Gasteiger partial charge in [-0.25, -0.2) is 0 Å². The van der Waals surface area contributed by atoms with E-state index in [-0.39, 0.29) is 24.1 Å². The van der Waals surface area contributed by atoms with E-state index < -0.39 is 5.60 Å². The molecule has 0 aromatic carbocycles. The van der Waals surface area contributed by atoms with Crippen LogP contribution in [0.25, 0.3) is 0 Å². The summed E-state index contributed by atoms with van der Waals surface area (Å²) >= 11 is 0. The van der Waals surface area contributed by atoms with Crippen molar-refractivity contribution in [1.29, 1.82) is 0 Å². The molecule has 2 atom stereocenters. The first kappa shape index (κ1) is 29.8. The van der Waals surface area contributed by atoms with E-state index >= 15 is 0 Å². The predicted octanol–water partition coefficient (Wildman–Crippen LogP) is 7.16. The molecule has 0 fully saturated rings. The van der Waals surface area contributed by atoms with Crippen LogP contribution < -0.4 is 0 Å². The Morgan fingerprint density at radius 1 is 1.25 bits per heavy atom. The average Bonchev–Trinajstić information content (AvgIpc) is 3.13. The fourth-order valence-corrected chi connectivity index (χ4v) is 4.56. The maximum atomic E-state index is 13.2. The molecule has 0 spiro atoms. The molecule has 2 rings (SSSR count). The molecule has 6 heteroatoms. The van der Waals surface area contributed by atoms with E-state index in [1.54, 1.807) is 12.2 Å². The zero-order valence-electron chi connectivity index (χ0n) is 22.9. The van der Waals surface area contributed by atoms with Crippen LogP contribution in [0.3, 0.4) is 0 Å². The first-order chi connectivity index (χ1) is 17.0. The summed E-state index contributed by atoms with van der Waals surface area (Å²) in [5, 5.41) is 4.36. The van der Waals surface area contributed by atoms with Gasteiger partial charge in [0.1, 0.15) is 11.4 Å². The Hall–Kier alpha value is -2.47. The third kappa shape index (κ3) is 9.88. The van der Waals surface area contributed by atoms with Crippen LogP contribution >= 0.6 is 0 Å². The van der Waals surface area contributed by atoms with Crippen molar-refractivity contribution in [2.45, 2.75) is 97.5 Å². The van der Waals surface area contributed by atoms with Crippen LogP contribution in [0.15, 0.2) is 41.5 Å². The lowest BCUT2D eigenvalue weighted by atomic mass is 9.90. The number of ether oxygens (including phenoxy) is 2. The second kappa shape index (κ2) is 14.3. The van der Waals surface area contributed by atoms with Gasteiger partial charge in [0, 0.05) is 25.4 Å². The van der Waals surface area contributed by atoms with Gasteiger partial charge in [-0.05, 0) is 63.9 Å². The Bertz CT molecular complexity index is 918. The molecule has 1 aliphatic rings. The van der Waals surface area contributed by atoms with Gasteiger partial charge >= 0.3 is 5.97 Å². The summed E-state index contributed by atoms with van der Waals surface area (Å²) in [6.45, 7) is 18.4. The number of rotatable bonds is 14. The maximum Gasteiger partial charge on any atom is 0.306 e. The van der Waals surface area contributed by atoms with Gasteiger partial charge in [0.2, 0.25) is 0 Å². The lowest BCUT2D eigenvalue weighted by Gasteiger charge is -2.22. The second-order valence-electron chi connectivity index (χ2n) is 11.2. The summed E-state index contributed by atoms with van der Waals surface area (Å²) in [7, 11) is 0. The molecule has 1 unspecified atom stereocenters. The van der Waals surface area contributed by atoms with Gasteiger partial charge in [-0.15, -0.1) is 0 Å². The zero-order valence-corrected chi connectivity index (χ0v) is 22.9. The van der Waals surface area contributed by atoms with E-state index in [0.717, 1.165) is 31.3 Å². The summed E-state index contributed by atoms with van der Waals surface area (Å²) < 4.78 is 17.1. The molecule has 0 bridgehead atoms. The fraction of sp³-hybridized carbons (Fsp3) is 0.633. The highest BCUT2D eigenvalue weighted by molar-refractivity contribution is 5.98. The van der Waals surface area contributed by atoms with Gasteiger partial charge < -0.3 is 14.0 Å². The average molecular weight is 500 g/mol. The van der Waals surface area contributed by atoms with Crippen molar-refractivity contribution >= 4 is 11.8 Å². The summed E-state index contributed by atoms with van der Waals surface area (Å²) in [6.07, 6.45) is 11.1. The first-order valence-electron chi connectivity index (χ1n) is 13.3. The Kier molecular flexibility index (Phi) is 11.8. The fourth-order valence-electron chi connectivity index (χ4n) is 4.56. The van der Waals surface area contributed by atoms with Gasteiger partial charge in [-0.3, -0.25) is 9.59 Å². The number of fused-ring (bicyclic) bond motifs is 1. The van der Waals surface area contributed by atoms with Crippen molar-refractivity contribution in [3.63, 3.8) is 0 Å². The molecule has 0 aliphatic heterocycles. The minimum atomic E-state index is -0.580. The van der Waals surface area contributed by atoms with E-state index in [2.05, 4.69) is 32.2 Å². The molecule has 0 amide bonds. The molecular weight excluding hydrogens is 454 g/mol. The molecular formula is C30H45NO5. The highest BCUT2D eigenvalue weighted by Gasteiger charge is 2.33. The molecule has 36 heavy (non-hydrogen) atoms. The van der Waals surface area contributed by atoms with Crippen LogP contribution in [-0.2, 0) is 20.7 Å². The SMILES string of the molecule is C=C/C=C(\C=C)COCCC[C@@H](CC(=O)OC(C)(C)C)c1noc2c1C(=O)CCC(CCC(C)C)C2. The topological polar surface area (TPSA) is 78.6 Å². The van der Waals surface area contributed by atoms with Gasteiger partial charge in [0.05, 0.1) is 24.3 Å². The molecule has 200 valence electrons. The molecule has 1 aromatic heterocycles. The quantitative estimate of drug-likeness (QED) is 0.117. The Morgan fingerprint density at radius 3 is 2.64 bits per heavy atom. The molecule has 0 saturated heterocycles. The number of aromatic nitrogens is 1. The highest BCUT2D eigenvalue weighted by atomic mass is 16.6. The third-order valence-corrected chi connectivity index (χ3v) is 6.40. The van der Waals surface area contributed by atoms with Crippen molar-refractivity contribution in [2.24, 2.45) is 11.8 Å². The Balaban J connectivity index is 2.16. The van der Waals surface area contributed by atoms with Gasteiger partial charge in [0.15, 0.2) is 5.78 Å². The van der Waals surface area contributed by atoms with Crippen LogP contribution in [-0.4, -0.2) is 35.7 Å². The van der Waals surface area contributed by atoms with Crippen LogP contribution in [0, 0.1) is 11.8 Å². The number of carbonyl (C=O) groups is 2. The molecule has 1 aliphatic carbocycles. The van der Waals surface area contributed by atoms with E-state index in [1.807, 2.05) is 26.8 Å². The van der Waals surface area contributed by atoms with E-state index in [0.29, 0.717) is 61.3 Å². The lowest BCUT2D eigenvalue weighted by molar-refractivity contribution is -0.155. The summed E-state index contributed by atoms with van der Waals surface area (Å²) in [5.41, 5.74) is 1.57. The number of carbonyl (C=O) groups excluding carboxylic acids is 2. The Labute approximate surface area is 217 Å². The monoisotopic (exact) mass is 499 g/mol. The minimum Gasteiger partial charge on any atom is -0.460 e. The standard InChI is InChI=1S/C30H45NO5/c1-8-11-22(9-2)20-34-17-10-12-24(19-27(33)35-30(5,6)7)29-28-25(32)16-15-23(14-13-21(3)4)18-26(28)36-31-29/h8-9,11,21,23-24H,1-2,10,12-20H2,3-7H3/b22-11+/t23?,24-/m0/s1. The van der Waals surface area contributed by atoms with Crippen LogP contribution in [0.5, 0.6) is 0 Å². The molecule has 0 radical (unpaired) electrons. The van der Waals surface area contributed by atoms with Crippen molar-refractivity contribution in [2.75, 3.05) is 13.2 Å². The number of Topliss-reactive ketones (excluding diaryl/α,β-unsaturated/α-hetero) is 1. The van der Waals surface area contributed by atoms with E-state index in [4.69, 9.17) is 14.0 Å². The predicted molar refractivity (Wildman–Crippen MR) is 143 cm³/mol. The third-order valence-electron chi connectivity index (χ3n) is 6.40. The number of hydrogen-bond donors (Lipinski definition) is 0. The normalized spacial score (nSPS) is 17.4. The van der Waals surface area contributed by atoms with E-state index in [9.17, 15) is 9.59 Å². The van der Waals surface area contributed by atoms with Crippen molar-refractivity contribution in [3.05, 3.63) is 54.0 Å². The summed E-state index contributed by atoms with van der Waals surface area (Å²) in [4.78, 5) is 25.9. The van der Waals surface area contributed by atoms with Gasteiger partial charge in [0.25, 0.3) is 0 Å². The number of allylic oxidation sites excluding steroid dienone is 2. The van der Waals surface area contributed by atoms with Crippen LogP contribution in [0.2, 0.25) is 0 Å². The highest BCUT2D eigenvalue weighted by Crippen LogP contribution is 2.35.